The third kappa shape index (κ3) is 5.35. The lowest BCUT2D eigenvalue weighted by Gasteiger charge is -2.10. The van der Waals surface area contributed by atoms with E-state index in [2.05, 4.69) is 4.72 Å². The third-order valence-corrected chi connectivity index (χ3v) is 3.80. The summed E-state index contributed by atoms with van der Waals surface area (Å²) in [4.78, 5) is 0. The second-order valence-electron chi connectivity index (χ2n) is 3.69. The van der Waals surface area contributed by atoms with Gasteiger partial charge in [0.1, 0.15) is 23.9 Å². The van der Waals surface area contributed by atoms with Crippen LogP contribution in [0.4, 0.5) is 0 Å². The predicted molar refractivity (Wildman–Crippen MR) is 72.5 cm³/mol. The van der Waals surface area contributed by atoms with Gasteiger partial charge in [-0.05, 0) is 6.92 Å². The van der Waals surface area contributed by atoms with Crippen LogP contribution in [-0.2, 0) is 10.0 Å². The van der Waals surface area contributed by atoms with E-state index in [1.54, 1.807) is 39.3 Å². The molecule has 0 bridgehead atoms. The molecule has 1 N–H and O–H groups in total. The van der Waals surface area contributed by atoms with Gasteiger partial charge >= 0.3 is 0 Å². The van der Waals surface area contributed by atoms with E-state index in [0.29, 0.717) is 17.2 Å². The monoisotopic (exact) mass is 289 g/mol. The highest BCUT2D eigenvalue weighted by Gasteiger charge is 2.06. The van der Waals surface area contributed by atoms with Gasteiger partial charge in [0, 0.05) is 24.7 Å². The van der Waals surface area contributed by atoms with Crippen molar-refractivity contribution in [2.24, 2.45) is 0 Å². The number of ether oxygens (including phenoxy) is 3. The maximum Gasteiger partial charge on any atom is 0.211 e. The Morgan fingerprint density at radius 2 is 1.58 bits per heavy atom. The highest BCUT2D eigenvalue weighted by Crippen LogP contribution is 2.27. The molecule has 0 aromatic heterocycles. The molecule has 0 heterocycles. The topological polar surface area (TPSA) is 73.9 Å². The van der Waals surface area contributed by atoms with Crippen molar-refractivity contribution in [3.05, 3.63) is 18.2 Å². The van der Waals surface area contributed by atoms with Crippen LogP contribution in [-0.4, -0.2) is 41.5 Å². The SMILES string of the molecule is CCS(=O)(=O)NCCOc1cc(OC)cc(OC)c1. The number of methoxy groups -OCH3 is 2. The van der Waals surface area contributed by atoms with Crippen molar-refractivity contribution in [1.82, 2.24) is 4.72 Å². The van der Waals surface area contributed by atoms with Crippen molar-refractivity contribution in [1.29, 1.82) is 0 Å². The highest BCUT2D eigenvalue weighted by molar-refractivity contribution is 7.89. The molecule has 0 saturated carbocycles. The molecule has 6 nitrogen and oxygen atoms in total. The summed E-state index contributed by atoms with van der Waals surface area (Å²) in [6.07, 6.45) is 0. The van der Waals surface area contributed by atoms with Gasteiger partial charge in [0.05, 0.1) is 20.0 Å². The van der Waals surface area contributed by atoms with Crippen molar-refractivity contribution in [3.8, 4) is 17.2 Å². The van der Waals surface area contributed by atoms with E-state index in [9.17, 15) is 8.42 Å². The number of sulfonamides is 1. The van der Waals surface area contributed by atoms with Gasteiger partial charge in [-0.2, -0.15) is 0 Å². The maximum absolute atomic E-state index is 11.2. The summed E-state index contributed by atoms with van der Waals surface area (Å²) in [6.45, 7) is 2.03. The molecule has 0 radical (unpaired) electrons. The molecular weight excluding hydrogens is 270 g/mol. The molecule has 0 aliphatic heterocycles. The zero-order chi connectivity index (χ0) is 14.3. The Balaban J connectivity index is 2.53. The van der Waals surface area contributed by atoms with Crippen molar-refractivity contribution in [3.63, 3.8) is 0 Å². The van der Waals surface area contributed by atoms with Gasteiger partial charge < -0.3 is 14.2 Å². The number of hydrogen-bond acceptors (Lipinski definition) is 5. The Labute approximate surface area is 113 Å². The first-order valence-electron chi connectivity index (χ1n) is 5.84. The summed E-state index contributed by atoms with van der Waals surface area (Å²) in [5, 5.41) is 0. The quantitative estimate of drug-likeness (QED) is 0.723. The van der Waals surface area contributed by atoms with Crippen LogP contribution in [0.25, 0.3) is 0 Å². The Bertz CT molecular complexity index is 479. The highest BCUT2D eigenvalue weighted by atomic mass is 32.2. The number of nitrogens with one attached hydrogen (secondary N) is 1. The van der Waals surface area contributed by atoms with E-state index in [1.165, 1.54) is 0 Å². The smallest absolute Gasteiger partial charge is 0.211 e. The number of benzene rings is 1. The van der Waals surface area contributed by atoms with Crippen molar-refractivity contribution >= 4 is 10.0 Å². The second kappa shape index (κ2) is 7.20. The summed E-state index contributed by atoms with van der Waals surface area (Å²) in [5.41, 5.74) is 0. The molecule has 0 fully saturated rings. The van der Waals surface area contributed by atoms with Gasteiger partial charge in [-0.25, -0.2) is 13.1 Å². The van der Waals surface area contributed by atoms with Gasteiger partial charge in [-0.15, -0.1) is 0 Å². The normalized spacial score (nSPS) is 11.1. The molecule has 0 aliphatic carbocycles. The molecule has 0 spiro atoms. The summed E-state index contributed by atoms with van der Waals surface area (Å²) in [5.74, 6) is 1.85. The molecule has 0 saturated heterocycles. The van der Waals surface area contributed by atoms with Gasteiger partial charge in [-0.1, -0.05) is 0 Å². The minimum atomic E-state index is -3.18. The van der Waals surface area contributed by atoms with E-state index in [4.69, 9.17) is 14.2 Å². The molecule has 7 heteroatoms. The molecule has 0 atom stereocenters. The van der Waals surface area contributed by atoms with Gasteiger partial charge in [0.15, 0.2) is 0 Å². The van der Waals surface area contributed by atoms with Gasteiger partial charge in [0.2, 0.25) is 10.0 Å². The Hall–Kier alpha value is -1.47. The lowest BCUT2D eigenvalue weighted by molar-refractivity contribution is 0.316. The minimum Gasteiger partial charge on any atom is -0.496 e. The number of rotatable bonds is 8. The first-order chi connectivity index (χ1) is 9.00. The van der Waals surface area contributed by atoms with Crippen LogP contribution in [0.1, 0.15) is 6.92 Å². The van der Waals surface area contributed by atoms with E-state index in [1.807, 2.05) is 0 Å². The summed E-state index contributed by atoms with van der Waals surface area (Å²) in [7, 11) is -0.0799. The molecule has 0 unspecified atom stereocenters. The Morgan fingerprint density at radius 1 is 1.05 bits per heavy atom. The molecular formula is C12H19NO5S. The first-order valence-corrected chi connectivity index (χ1v) is 7.49. The van der Waals surface area contributed by atoms with E-state index >= 15 is 0 Å². The number of hydrogen-bond donors (Lipinski definition) is 1. The van der Waals surface area contributed by atoms with Crippen LogP contribution in [0.2, 0.25) is 0 Å². The van der Waals surface area contributed by atoms with Crippen LogP contribution >= 0.6 is 0 Å². The van der Waals surface area contributed by atoms with E-state index in [-0.39, 0.29) is 18.9 Å². The van der Waals surface area contributed by atoms with E-state index < -0.39 is 10.0 Å². The van der Waals surface area contributed by atoms with Crippen LogP contribution in [0.3, 0.4) is 0 Å². The standard InChI is InChI=1S/C12H19NO5S/c1-4-19(14,15)13-5-6-18-12-8-10(16-2)7-11(9-12)17-3/h7-9,13H,4-6H2,1-3H3. The van der Waals surface area contributed by atoms with Crippen LogP contribution in [0.5, 0.6) is 17.2 Å². The van der Waals surface area contributed by atoms with Crippen LogP contribution < -0.4 is 18.9 Å². The predicted octanol–water partition coefficient (Wildman–Crippen LogP) is 1.02. The fourth-order valence-electron chi connectivity index (χ4n) is 1.33. The lowest BCUT2D eigenvalue weighted by Crippen LogP contribution is -2.29. The molecule has 0 aliphatic rings. The zero-order valence-electron chi connectivity index (χ0n) is 11.3. The van der Waals surface area contributed by atoms with Crippen molar-refractivity contribution < 1.29 is 22.6 Å². The fourth-order valence-corrected chi connectivity index (χ4v) is 1.93. The fraction of sp³-hybridized carbons (Fsp3) is 0.500. The summed E-state index contributed by atoms with van der Waals surface area (Å²) >= 11 is 0. The van der Waals surface area contributed by atoms with Gasteiger partial charge in [0.25, 0.3) is 0 Å². The van der Waals surface area contributed by atoms with Crippen molar-refractivity contribution in [2.45, 2.75) is 6.92 Å². The summed E-state index contributed by atoms with van der Waals surface area (Å²) < 4.78 is 40.5. The average Bonchev–Trinajstić information content (AvgIpc) is 2.43. The summed E-state index contributed by atoms with van der Waals surface area (Å²) in [6, 6.07) is 5.14. The Morgan fingerprint density at radius 3 is 2.05 bits per heavy atom. The lowest BCUT2D eigenvalue weighted by atomic mass is 10.3. The second-order valence-corrected chi connectivity index (χ2v) is 5.79. The molecule has 1 rings (SSSR count). The first kappa shape index (κ1) is 15.6. The van der Waals surface area contributed by atoms with Crippen LogP contribution in [0.15, 0.2) is 18.2 Å². The van der Waals surface area contributed by atoms with Crippen molar-refractivity contribution in [2.75, 3.05) is 33.1 Å². The maximum atomic E-state index is 11.2. The molecule has 1 aromatic carbocycles. The zero-order valence-corrected chi connectivity index (χ0v) is 12.1. The Kier molecular flexibility index (Phi) is 5.91. The molecule has 108 valence electrons. The van der Waals surface area contributed by atoms with Crippen LogP contribution in [0, 0.1) is 0 Å². The molecule has 0 amide bonds. The third-order valence-electron chi connectivity index (χ3n) is 2.40. The van der Waals surface area contributed by atoms with Gasteiger partial charge in [-0.3, -0.25) is 0 Å². The minimum absolute atomic E-state index is 0.0555. The van der Waals surface area contributed by atoms with E-state index in [0.717, 1.165) is 0 Å². The molecule has 19 heavy (non-hydrogen) atoms. The average molecular weight is 289 g/mol. The molecule has 1 aromatic rings. The largest absolute Gasteiger partial charge is 0.496 e.